The standard InChI is InChI=1S/C11H11NO4/c1-15-9-4-3-7(5-12)10(8(9)6-13)11(14)16-2/h3-4,13H,6H2,1-2H3. The van der Waals surface area contributed by atoms with Gasteiger partial charge in [-0.2, -0.15) is 5.26 Å². The highest BCUT2D eigenvalue weighted by Crippen LogP contribution is 2.26. The summed E-state index contributed by atoms with van der Waals surface area (Å²) < 4.78 is 9.56. The van der Waals surface area contributed by atoms with Gasteiger partial charge in [0.05, 0.1) is 32.0 Å². The van der Waals surface area contributed by atoms with Crippen molar-refractivity contribution in [3.63, 3.8) is 0 Å². The summed E-state index contributed by atoms with van der Waals surface area (Å²) in [5.74, 6) is -0.318. The zero-order valence-electron chi connectivity index (χ0n) is 8.98. The van der Waals surface area contributed by atoms with Crippen molar-refractivity contribution in [2.24, 2.45) is 0 Å². The van der Waals surface area contributed by atoms with Crippen LogP contribution in [0.4, 0.5) is 0 Å². The lowest BCUT2D eigenvalue weighted by atomic mass is 10.0. The first-order chi connectivity index (χ1) is 7.69. The van der Waals surface area contributed by atoms with Gasteiger partial charge in [-0.05, 0) is 12.1 Å². The molecule has 0 amide bonds. The monoisotopic (exact) mass is 221 g/mol. The molecule has 0 heterocycles. The van der Waals surface area contributed by atoms with E-state index in [1.807, 2.05) is 6.07 Å². The smallest absolute Gasteiger partial charge is 0.339 e. The minimum Gasteiger partial charge on any atom is -0.496 e. The molecule has 1 rings (SSSR count). The van der Waals surface area contributed by atoms with Gasteiger partial charge in [0, 0.05) is 5.56 Å². The number of esters is 1. The number of carbonyl (C=O) groups is 1. The summed E-state index contributed by atoms with van der Waals surface area (Å²) in [5.41, 5.74) is 0.456. The quantitative estimate of drug-likeness (QED) is 0.765. The molecule has 0 saturated carbocycles. The van der Waals surface area contributed by atoms with Gasteiger partial charge < -0.3 is 14.6 Å². The van der Waals surface area contributed by atoms with Gasteiger partial charge in [-0.15, -0.1) is 0 Å². The molecule has 1 N–H and O–H groups in total. The molecule has 0 radical (unpaired) electrons. The fourth-order valence-electron chi connectivity index (χ4n) is 1.41. The largest absolute Gasteiger partial charge is 0.496 e. The Labute approximate surface area is 92.8 Å². The summed E-state index contributed by atoms with van der Waals surface area (Å²) in [7, 11) is 2.63. The summed E-state index contributed by atoms with van der Waals surface area (Å²) in [6.07, 6.45) is 0. The zero-order valence-corrected chi connectivity index (χ0v) is 8.98. The molecular formula is C11H11NO4. The van der Waals surface area contributed by atoms with Crippen molar-refractivity contribution in [1.82, 2.24) is 0 Å². The highest BCUT2D eigenvalue weighted by molar-refractivity contribution is 5.94. The molecule has 0 bridgehead atoms. The summed E-state index contributed by atoms with van der Waals surface area (Å²) in [6.45, 7) is -0.400. The Morgan fingerprint density at radius 2 is 2.19 bits per heavy atom. The maximum Gasteiger partial charge on any atom is 0.339 e. The lowest BCUT2D eigenvalue weighted by Crippen LogP contribution is -2.10. The number of methoxy groups -OCH3 is 2. The van der Waals surface area contributed by atoms with Gasteiger partial charge in [-0.1, -0.05) is 0 Å². The van der Waals surface area contributed by atoms with Crippen molar-refractivity contribution in [3.05, 3.63) is 28.8 Å². The third kappa shape index (κ3) is 1.97. The van der Waals surface area contributed by atoms with E-state index in [1.54, 1.807) is 0 Å². The molecule has 16 heavy (non-hydrogen) atoms. The van der Waals surface area contributed by atoms with Crippen LogP contribution in [0.15, 0.2) is 12.1 Å². The Morgan fingerprint density at radius 1 is 1.50 bits per heavy atom. The molecule has 0 atom stereocenters. The van der Waals surface area contributed by atoms with Gasteiger partial charge in [0.1, 0.15) is 11.8 Å². The van der Waals surface area contributed by atoms with E-state index in [2.05, 4.69) is 4.74 Å². The van der Waals surface area contributed by atoms with E-state index in [4.69, 9.17) is 10.00 Å². The van der Waals surface area contributed by atoms with Crippen molar-refractivity contribution in [2.45, 2.75) is 6.61 Å². The number of nitrogens with zero attached hydrogens (tertiary/aromatic N) is 1. The molecule has 1 aromatic rings. The van der Waals surface area contributed by atoms with E-state index in [-0.39, 0.29) is 16.7 Å². The maximum atomic E-state index is 11.5. The molecule has 0 unspecified atom stereocenters. The summed E-state index contributed by atoms with van der Waals surface area (Å²) in [6, 6.07) is 4.84. The number of aliphatic hydroxyl groups excluding tert-OH is 1. The lowest BCUT2D eigenvalue weighted by molar-refractivity contribution is 0.0596. The van der Waals surface area contributed by atoms with Crippen LogP contribution in [-0.2, 0) is 11.3 Å². The van der Waals surface area contributed by atoms with Crippen LogP contribution in [0.5, 0.6) is 5.75 Å². The van der Waals surface area contributed by atoms with Crippen LogP contribution in [0.2, 0.25) is 0 Å². The zero-order chi connectivity index (χ0) is 12.1. The summed E-state index contributed by atoms with van der Waals surface area (Å²) in [5, 5.41) is 18.1. The summed E-state index contributed by atoms with van der Waals surface area (Å²) in [4.78, 5) is 11.5. The van der Waals surface area contributed by atoms with Crippen LogP contribution >= 0.6 is 0 Å². The Bertz CT molecular complexity index is 448. The van der Waals surface area contributed by atoms with E-state index in [1.165, 1.54) is 26.4 Å². The molecule has 5 nitrogen and oxygen atoms in total. The molecule has 84 valence electrons. The second-order valence-electron chi connectivity index (χ2n) is 2.93. The first-order valence-corrected chi connectivity index (χ1v) is 4.48. The maximum absolute atomic E-state index is 11.5. The average molecular weight is 221 g/mol. The molecular weight excluding hydrogens is 210 g/mol. The van der Waals surface area contributed by atoms with Crippen molar-refractivity contribution in [3.8, 4) is 11.8 Å². The van der Waals surface area contributed by atoms with Crippen LogP contribution in [0, 0.1) is 11.3 Å². The van der Waals surface area contributed by atoms with Gasteiger partial charge in [0.2, 0.25) is 0 Å². The van der Waals surface area contributed by atoms with Gasteiger partial charge >= 0.3 is 5.97 Å². The van der Waals surface area contributed by atoms with Crippen molar-refractivity contribution in [1.29, 1.82) is 5.26 Å². The van der Waals surface area contributed by atoms with Crippen LogP contribution in [0.25, 0.3) is 0 Å². The number of hydrogen-bond acceptors (Lipinski definition) is 5. The van der Waals surface area contributed by atoms with Gasteiger partial charge in [-0.25, -0.2) is 4.79 Å². The van der Waals surface area contributed by atoms with Crippen molar-refractivity contribution < 1.29 is 19.4 Å². The number of ether oxygens (including phenoxy) is 2. The Balaban J connectivity index is 3.50. The number of carbonyl (C=O) groups excluding carboxylic acids is 1. The van der Waals surface area contributed by atoms with Gasteiger partial charge in [0.15, 0.2) is 0 Å². The lowest BCUT2D eigenvalue weighted by Gasteiger charge is -2.11. The molecule has 0 spiro atoms. The molecule has 0 aliphatic rings. The average Bonchev–Trinajstić information content (AvgIpc) is 2.35. The van der Waals surface area contributed by atoms with Crippen LogP contribution in [0.3, 0.4) is 0 Å². The van der Waals surface area contributed by atoms with E-state index in [0.29, 0.717) is 5.75 Å². The second kappa shape index (κ2) is 5.14. The highest BCUT2D eigenvalue weighted by atomic mass is 16.5. The molecule has 0 aliphatic carbocycles. The predicted octanol–water partition coefficient (Wildman–Crippen LogP) is 0.846. The number of benzene rings is 1. The topological polar surface area (TPSA) is 79.6 Å². The number of nitriles is 1. The number of aliphatic hydroxyl groups is 1. The van der Waals surface area contributed by atoms with E-state index < -0.39 is 12.6 Å². The van der Waals surface area contributed by atoms with Gasteiger partial charge in [-0.3, -0.25) is 0 Å². The summed E-state index contributed by atoms with van der Waals surface area (Å²) >= 11 is 0. The third-order valence-corrected chi connectivity index (χ3v) is 2.16. The predicted molar refractivity (Wildman–Crippen MR) is 55.0 cm³/mol. The van der Waals surface area contributed by atoms with E-state index in [0.717, 1.165) is 0 Å². The van der Waals surface area contributed by atoms with Crippen molar-refractivity contribution >= 4 is 5.97 Å². The SMILES string of the molecule is COC(=O)c1c(C#N)ccc(OC)c1CO. The highest BCUT2D eigenvalue weighted by Gasteiger charge is 2.20. The van der Waals surface area contributed by atoms with E-state index in [9.17, 15) is 9.90 Å². The fourth-order valence-corrected chi connectivity index (χ4v) is 1.41. The number of hydrogen-bond donors (Lipinski definition) is 1. The molecule has 1 aromatic carbocycles. The fraction of sp³-hybridized carbons (Fsp3) is 0.273. The molecule has 0 aromatic heterocycles. The second-order valence-corrected chi connectivity index (χ2v) is 2.93. The van der Waals surface area contributed by atoms with E-state index >= 15 is 0 Å². The number of rotatable bonds is 3. The molecule has 5 heteroatoms. The van der Waals surface area contributed by atoms with Crippen LogP contribution in [-0.4, -0.2) is 25.3 Å². The van der Waals surface area contributed by atoms with Crippen molar-refractivity contribution in [2.75, 3.05) is 14.2 Å². The van der Waals surface area contributed by atoms with Gasteiger partial charge in [0.25, 0.3) is 0 Å². The third-order valence-electron chi connectivity index (χ3n) is 2.16. The molecule has 0 fully saturated rings. The Morgan fingerprint density at radius 3 is 2.62 bits per heavy atom. The molecule has 0 saturated heterocycles. The molecule has 0 aliphatic heterocycles. The Hall–Kier alpha value is -2.06. The minimum absolute atomic E-state index is 0.0480. The minimum atomic E-state index is -0.667. The Kier molecular flexibility index (Phi) is 3.86. The first kappa shape index (κ1) is 12.0. The first-order valence-electron chi connectivity index (χ1n) is 4.48. The van der Waals surface area contributed by atoms with Crippen LogP contribution < -0.4 is 4.74 Å². The van der Waals surface area contributed by atoms with Crippen LogP contribution in [0.1, 0.15) is 21.5 Å². The normalized spacial score (nSPS) is 9.38.